The minimum Gasteiger partial charge on any atom is -0.391 e. The molecule has 0 fully saturated rings. The van der Waals surface area contributed by atoms with Gasteiger partial charge in [-0.1, -0.05) is 11.8 Å². The van der Waals surface area contributed by atoms with Crippen LogP contribution in [0.3, 0.4) is 0 Å². The number of hydrogen-bond acceptors (Lipinski definition) is 3. The van der Waals surface area contributed by atoms with E-state index in [1.807, 2.05) is 5.38 Å². The molecule has 1 heterocycles. The van der Waals surface area contributed by atoms with E-state index in [-0.39, 0.29) is 13.0 Å². The predicted octanol–water partition coefficient (Wildman–Crippen LogP) is 0.467. The van der Waals surface area contributed by atoms with Crippen LogP contribution in [-0.4, -0.2) is 11.0 Å². The van der Waals surface area contributed by atoms with Crippen molar-refractivity contribution in [3.63, 3.8) is 0 Å². The number of carbonyl (C=O) groups is 1. The standard InChI is InChI=1S/C9H9NO2S/c10-9(12)3-1-2-7-4-8(5-11)13-6-7/h4,6,11H,3,5H2,(H2,10,12). The van der Waals surface area contributed by atoms with E-state index in [4.69, 9.17) is 10.8 Å². The van der Waals surface area contributed by atoms with Crippen LogP contribution in [0.2, 0.25) is 0 Å². The van der Waals surface area contributed by atoms with E-state index in [9.17, 15) is 4.79 Å². The monoisotopic (exact) mass is 195 g/mol. The Morgan fingerprint density at radius 3 is 3.00 bits per heavy atom. The fourth-order valence-electron chi connectivity index (χ4n) is 0.762. The molecule has 0 bridgehead atoms. The van der Waals surface area contributed by atoms with Gasteiger partial charge >= 0.3 is 0 Å². The molecular weight excluding hydrogens is 186 g/mol. The summed E-state index contributed by atoms with van der Waals surface area (Å²) >= 11 is 1.44. The molecule has 0 radical (unpaired) electrons. The Bertz CT molecular complexity index is 359. The zero-order chi connectivity index (χ0) is 9.68. The molecule has 4 heteroatoms. The molecule has 13 heavy (non-hydrogen) atoms. The number of hydrogen-bond donors (Lipinski definition) is 2. The summed E-state index contributed by atoms with van der Waals surface area (Å²) in [4.78, 5) is 11.2. The van der Waals surface area contributed by atoms with Crippen molar-refractivity contribution in [2.75, 3.05) is 0 Å². The van der Waals surface area contributed by atoms with Gasteiger partial charge < -0.3 is 10.8 Å². The molecule has 0 saturated heterocycles. The first-order valence-corrected chi connectivity index (χ1v) is 4.56. The second-order valence-corrected chi connectivity index (χ2v) is 3.40. The van der Waals surface area contributed by atoms with Crippen LogP contribution in [0.4, 0.5) is 0 Å². The number of aliphatic hydroxyl groups is 1. The van der Waals surface area contributed by atoms with E-state index in [1.165, 1.54) is 11.3 Å². The predicted molar refractivity (Wildman–Crippen MR) is 50.9 cm³/mol. The molecule has 0 aliphatic heterocycles. The largest absolute Gasteiger partial charge is 0.391 e. The topological polar surface area (TPSA) is 63.3 Å². The first-order valence-electron chi connectivity index (χ1n) is 3.68. The highest BCUT2D eigenvalue weighted by molar-refractivity contribution is 7.10. The summed E-state index contributed by atoms with van der Waals surface area (Å²) in [5.41, 5.74) is 5.72. The normalized spacial score (nSPS) is 9.00. The van der Waals surface area contributed by atoms with Crippen LogP contribution in [0.1, 0.15) is 16.9 Å². The summed E-state index contributed by atoms with van der Waals surface area (Å²) in [6.07, 6.45) is 0.0737. The third-order valence-electron chi connectivity index (χ3n) is 1.30. The quantitative estimate of drug-likeness (QED) is 0.674. The number of thiophene rings is 1. The average molecular weight is 195 g/mol. The van der Waals surface area contributed by atoms with Gasteiger partial charge in [-0.2, -0.15) is 0 Å². The lowest BCUT2D eigenvalue weighted by molar-refractivity contribution is -0.117. The molecule has 1 aromatic heterocycles. The molecule has 0 atom stereocenters. The van der Waals surface area contributed by atoms with Crippen molar-refractivity contribution in [2.45, 2.75) is 13.0 Å². The number of primary amides is 1. The van der Waals surface area contributed by atoms with E-state index in [0.717, 1.165) is 10.4 Å². The van der Waals surface area contributed by atoms with Crippen LogP contribution in [0.25, 0.3) is 0 Å². The molecule has 0 saturated carbocycles. The van der Waals surface area contributed by atoms with Gasteiger partial charge in [0.25, 0.3) is 0 Å². The van der Waals surface area contributed by atoms with Crippen molar-refractivity contribution < 1.29 is 9.90 Å². The van der Waals surface area contributed by atoms with E-state index in [2.05, 4.69) is 11.8 Å². The molecule has 68 valence electrons. The van der Waals surface area contributed by atoms with Crippen LogP contribution >= 0.6 is 11.3 Å². The van der Waals surface area contributed by atoms with Crippen LogP contribution in [0.15, 0.2) is 11.4 Å². The summed E-state index contributed by atoms with van der Waals surface area (Å²) in [6, 6.07) is 1.79. The zero-order valence-corrected chi connectivity index (χ0v) is 7.73. The second-order valence-electron chi connectivity index (χ2n) is 2.40. The number of carbonyl (C=O) groups excluding carboxylic acids is 1. The van der Waals surface area contributed by atoms with Crippen LogP contribution in [0.5, 0.6) is 0 Å². The summed E-state index contributed by atoms with van der Waals surface area (Å²) in [6.45, 7) is 0.0299. The minimum absolute atomic E-state index is 0.0299. The SMILES string of the molecule is NC(=O)CC#Cc1csc(CO)c1. The average Bonchev–Trinajstić information content (AvgIpc) is 2.52. The van der Waals surface area contributed by atoms with Crippen LogP contribution in [0, 0.1) is 11.8 Å². The Hall–Kier alpha value is -1.31. The van der Waals surface area contributed by atoms with Gasteiger partial charge in [-0.25, -0.2) is 0 Å². The molecular formula is C9H9NO2S. The Balaban J connectivity index is 2.61. The van der Waals surface area contributed by atoms with Gasteiger partial charge in [0, 0.05) is 15.8 Å². The Morgan fingerprint density at radius 1 is 1.69 bits per heavy atom. The smallest absolute Gasteiger partial charge is 0.229 e. The molecule has 0 aliphatic rings. The maximum Gasteiger partial charge on any atom is 0.229 e. The van der Waals surface area contributed by atoms with E-state index in [0.29, 0.717) is 0 Å². The third-order valence-corrected chi connectivity index (χ3v) is 2.23. The van der Waals surface area contributed by atoms with E-state index < -0.39 is 5.91 Å². The zero-order valence-electron chi connectivity index (χ0n) is 6.91. The molecule has 1 rings (SSSR count). The Kier molecular flexibility index (Phi) is 3.50. The van der Waals surface area contributed by atoms with Gasteiger partial charge in [0.1, 0.15) is 0 Å². The summed E-state index contributed by atoms with van der Waals surface area (Å²) in [7, 11) is 0. The van der Waals surface area contributed by atoms with Crippen molar-refractivity contribution in [3.05, 3.63) is 21.9 Å². The lowest BCUT2D eigenvalue weighted by Gasteiger charge is -1.81. The van der Waals surface area contributed by atoms with Gasteiger partial charge in [0.05, 0.1) is 13.0 Å². The van der Waals surface area contributed by atoms with Crippen molar-refractivity contribution in [1.82, 2.24) is 0 Å². The lowest BCUT2D eigenvalue weighted by atomic mass is 10.3. The summed E-state index contributed by atoms with van der Waals surface area (Å²) in [5, 5.41) is 10.6. The second kappa shape index (κ2) is 4.65. The first kappa shape index (κ1) is 9.78. The number of nitrogens with two attached hydrogens (primary N) is 1. The first-order chi connectivity index (χ1) is 6.22. The van der Waals surface area contributed by atoms with Gasteiger partial charge in [0.2, 0.25) is 5.91 Å². The highest BCUT2D eigenvalue weighted by Crippen LogP contribution is 2.13. The van der Waals surface area contributed by atoms with E-state index in [1.54, 1.807) is 6.07 Å². The summed E-state index contributed by atoms with van der Waals surface area (Å²) < 4.78 is 0. The van der Waals surface area contributed by atoms with Gasteiger partial charge in [-0.15, -0.1) is 11.3 Å². The van der Waals surface area contributed by atoms with Crippen molar-refractivity contribution >= 4 is 17.2 Å². The highest BCUT2D eigenvalue weighted by Gasteiger charge is 1.94. The number of aliphatic hydroxyl groups excluding tert-OH is 1. The van der Waals surface area contributed by atoms with Crippen molar-refractivity contribution in [1.29, 1.82) is 0 Å². The van der Waals surface area contributed by atoms with E-state index >= 15 is 0 Å². The molecule has 0 aliphatic carbocycles. The third kappa shape index (κ3) is 3.28. The van der Waals surface area contributed by atoms with Gasteiger partial charge in [-0.3, -0.25) is 4.79 Å². The Labute approximate surface area is 80.2 Å². The molecule has 0 spiro atoms. The fraction of sp³-hybridized carbons (Fsp3) is 0.222. The van der Waals surface area contributed by atoms with Gasteiger partial charge in [-0.05, 0) is 6.07 Å². The molecule has 0 aromatic carbocycles. The molecule has 0 unspecified atom stereocenters. The molecule has 3 nitrogen and oxygen atoms in total. The number of amides is 1. The van der Waals surface area contributed by atoms with Crippen LogP contribution in [-0.2, 0) is 11.4 Å². The fourth-order valence-corrected chi connectivity index (χ4v) is 1.44. The summed E-state index contributed by atoms with van der Waals surface area (Å²) in [5.74, 6) is 4.99. The maximum absolute atomic E-state index is 10.3. The minimum atomic E-state index is -0.426. The number of rotatable bonds is 2. The van der Waals surface area contributed by atoms with Gasteiger partial charge in [0.15, 0.2) is 0 Å². The Morgan fingerprint density at radius 2 is 2.46 bits per heavy atom. The highest BCUT2D eigenvalue weighted by atomic mass is 32.1. The molecule has 1 aromatic rings. The molecule has 3 N–H and O–H groups in total. The molecule has 1 amide bonds. The van der Waals surface area contributed by atoms with Crippen molar-refractivity contribution in [2.24, 2.45) is 5.73 Å². The lowest BCUT2D eigenvalue weighted by Crippen LogP contribution is -2.08. The van der Waals surface area contributed by atoms with Crippen molar-refractivity contribution in [3.8, 4) is 11.8 Å². The van der Waals surface area contributed by atoms with Crippen LogP contribution < -0.4 is 5.73 Å². The maximum atomic E-state index is 10.3.